The van der Waals surface area contributed by atoms with E-state index in [0.717, 1.165) is 43.1 Å². The van der Waals surface area contributed by atoms with Gasteiger partial charge in [0.2, 0.25) is 0 Å². The number of thiazole rings is 1. The van der Waals surface area contributed by atoms with E-state index >= 15 is 0 Å². The molecule has 1 heterocycles. The van der Waals surface area contributed by atoms with Crippen LogP contribution in [-0.4, -0.2) is 24.1 Å². The molecule has 0 saturated carbocycles. The summed E-state index contributed by atoms with van der Waals surface area (Å²) < 4.78 is 5.17. The molecule has 0 spiro atoms. The number of aromatic nitrogens is 1. The van der Waals surface area contributed by atoms with Crippen LogP contribution in [0.1, 0.15) is 56.5 Å². The van der Waals surface area contributed by atoms with Crippen molar-refractivity contribution in [1.29, 1.82) is 0 Å². The van der Waals surface area contributed by atoms with Crippen LogP contribution in [0.4, 0.5) is 5.13 Å². The summed E-state index contributed by atoms with van der Waals surface area (Å²) in [7, 11) is 0. The predicted molar refractivity (Wildman–Crippen MR) is 82.4 cm³/mol. The second kappa shape index (κ2) is 7.07. The number of nitrogens with zero attached hydrogens (tertiary/aromatic N) is 1. The van der Waals surface area contributed by atoms with Gasteiger partial charge in [-0.3, -0.25) is 4.79 Å². The third kappa shape index (κ3) is 3.72. The molecule has 1 N–H and O–H groups in total. The van der Waals surface area contributed by atoms with Gasteiger partial charge in [-0.2, -0.15) is 0 Å². The number of fused-ring (bicyclic) bond motifs is 1. The van der Waals surface area contributed by atoms with Crippen molar-refractivity contribution in [3.8, 4) is 0 Å². The van der Waals surface area contributed by atoms with Crippen LogP contribution in [0.5, 0.6) is 0 Å². The Hall–Kier alpha value is -1.10. The highest BCUT2D eigenvalue weighted by Gasteiger charge is 2.31. The molecule has 1 aromatic rings. The summed E-state index contributed by atoms with van der Waals surface area (Å²) in [4.78, 5) is 17.9. The first-order chi connectivity index (χ1) is 9.61. The number of nitrogens with one attached hydrogen (secondary N) is 1. The van der Waals surface area contributed by atoms with Crippen molar-refractivity contribution >= 4 is 22.4 Å². The smallest absolute Gasteiger partial charge is 0.315 e. The van der Waals surface area contributed by atoms with E-state index in [-0.39, 0.29) is 11.9 Å². The minimum absolute atomic E-state index is 0.118. The maximum absolute atomic E-state index is 12.0. The average molecular weight is 296 g/mol. The zero-order chi connectivity index (χ0) is 14.5. The minimum Gasteiger partial charge on any atom is -0.465 e. The van der Waals surface area contributed by atoms with Crippen molar-refractivity contribution in [2.75, 3.05) is 18.5 Å². The highest BCUT2D eigenvalue weighted by atomic mass is 32.1. The van der Waals surface area contributed by atoms with Gasteiger partial charge in [-0.05, 0) is 38.5 Å². The number of carbonyl (C=O) groups is 1. The number of esters is 1. The van der Waals surface area contributed by atoms with E-state index in [1.807, 2.05) is 6.92 Å². The van der Waals surface area contributed by atoms with Crippen LogP contribution in [0.3, 0.4) is 0 Å². The lowest BCUT2D eigenvalue weighted by molar-refractivity contribution is -0.145. The number of hydrogen-bond acceptors (Lipinski definition) is 5. The van der Waals surface area contributed by atoms with Crippen molar-refractivity contribution in [2.45, 2.75) is 52.4 Å². The molecular weight excluding hydrogens is 272 g/mol. The molecule has 0 saturated heterocycles. The molecule has 1 aliphatic rings. The van der Waals surface area contributed by atoms with E-state index in [1.54, 1.807) is 11.3 Å². The van der Waals surface area contributed by atoms with Gasteiger partial charge in [0.25, 0.3) is 0 Å². The molecule has 4 nitrogen and oxygen atoms in total. The summed E-state index contributed by atoms with van der Waals surface area (Å²) in [5.41, 5.74) is 0.951. The van der Waals surface area contributed by atoms with E-state index in [4.69, 9.17) is 4.74 Å². The minimum atomic E-state index is -0.157. The number of rotatable bonds is 6. The van der Waals surface area contributed by atoms with E-state index in [1.165, 1.54) is 4.88 Å². The van der Waals surface area contributed by atoms with Crippen molar-refractivity contribution in [1.82, 2.24) is 4.98 Å². The summed E-state index contributed by atoms with van der Waals surface area (Å²) in [5, 5.41) is 4.33. The molecule has 0 fully saturated rings. The number of ether oxygens (including phenoxy) is 1. The Balaban J connectivity index is 2.04. The molecule has 0 radical (unpaired) electrons. The molecule has 0 amide bonds. The van der Waals surface area contributed by atoms with Crippen LogP contribution in [0.25, 0.3) is 0 Å². The Labute approximate surface area is 124 Å². The van der Waals surface area contributed by atoms with Gasteiger partial charge >= 0.3 is 5.97 Å². The van der Waals surface area contributed by atoms with E-state index in [2.05, 4.69) is 24.1 Å². The fourth-order valence-electron chi connectivity index (χ4n) is 2.43. The van der Waals surface area contributed by atoms with Crippen LogP contribution in [-0.2, 0) is 16.0 Å². The Morgan fingerprint density at radius 2 is 2.35 bits per heavy atom. The lowest BCUT2D eigenvalue weighted by Crippen LogP contribution is -2.20. The Morgan fingerprint density at radius 1 is 1.55 bits per heavy atom. The second-order valence-corrected chi connectivity index (χ2v) is 6.72. The van der Waals surface area contributed by atoms with Crippen LogP contribution >= 0.6 is 11.3 Å². The lowest BCUT2D eigenvalue weighted by atomic mass is 9.91. The second-order valence-electron chi connectivity index (χ2n) is 5.63. The molecule has 1 aliphatic carbocycles. The summed E-state index contributed by atoms with van der Waals surface area (Å²) in [6.45, 7) is 7.65. The highest BCUT2D eigenvalue weighted by Crippen LogP contribution is 2.37. The fraction of sp³-hybridized carbons (Fsp3) is 0.733. The first kappa shape index (κ1) is 15.3. The number of aryl methyl sites for hydroxylation is 1. The van der Waals surface area contributed by atoms with E-state index < -0.39 is 0 Å². The van der Waals surface area contributed by atoms with Crippen molar-refractivity contribution in [3.05, 3.63) is 10.6 Å². The maximum atomic E-state index is 12.0. The van der Waals surface area contributed by atoms with Crippen molar-refractivity contribution < 1.29 is 9.53 Å². The molecule has 1 atom stereocenters. The topological polar surface area (TPSA) is 51.2 Å². The zero-order valence-corrected chi connectivity index (χ0v) is 13.4. The van der Waals surface area contributed by atoms with E-state index in [9.17, 15) is 4.79 Å². The molecule has 112 valence electrons. The fourth-order valence-corrected chi connectivity index (χ4v) is 3.52. The SMILES string of the molecule is CCOC(=O)C1CCCc2sc(NCCC(C)C)nc21. The third-order valence-corrected chi connectivity index (χ3v) is 4.61. The largest absolute Gasteiger partial charge is 0.465 e. The van der Waals surface area contributed by atoms with Crippen LogP contribution in [0.15, 0.2) is 0 Å². The molecule has 1 unspecified atom stereocenters. The van der Waals surface area contributed by atoms with Crippen LogP contribution in [0, 0.1) is 5.92 Å². The van der Waals surface area contributed by atoms with Gasteiger partial charge in [0.15, 0.2) is 5.13 Å². The van der Waals surface area contributed by atoms with Gasteiger partial charge in [0.05, 0.1) is 12.3 Å². The molecule has 20 heavy (non-hydrogen) atoms. The van der Waals surface area contributed by atoms with E-state index in [0.29, 0.717) is 12.5 Å². The van der Waals surface area contributed by atoms with Crippen molar-refractivity contribution in [2.24, 2.45) is 5.92 Å². The Bertz CT molecular complexity index is 457. The first-order valence-electron chi connectivity index (χ1n) is 7.52. The van der Waals surface area contributed by atoms with Gasteiger partial charge in [-0.25, -0.2) is 4.98 Å². The number of carbonyl (C=O) groups excluding carboxylic acids is 1. The third-order valence-electron chi connectivity index (χ3n) is 3.52. The molecule has 0 bridgehead atoms. The maximum Gasteiger partial charge on any atom is 0.315 e. The van der Waals surface area contributed by atoms with Crippen LogP contribution in [0.2, 0.25) is 0 Å². The Kier molecular flexibility index (Phi) is 5.40. The quantitative estimate of drug-likeness (QED) is 0.815. The first-order valence-corrected chi connectivity index (χ1v) is 8.33. The highest BCUT2D eigenvalue weighted by molar-refractivity contribution is 7.15. The van der Waals surface area contributed by atoms with Crippen LogP contribution < -0.4 is 5.32 Å². The summed E-state index contributed by atoms with van der Waals surface area (Å²) in [6, 6.07) is 0. The molecular formula is C15H24N2O2S. The number of hydrogen-bond donors (Lipinski definition) is 1. The molecule has 1 aromatic heterocycles. The number of anilines is 1. The molecule has 0 aliphatic heterocycles. The van der Waals surface area contributed by atoms with Gasteiger partial charge in [-0.15, -0.1) is 11.3 Å². The zero-order valence-electron chi connectivity index (χ0n) is 12.6. The monoisotopic (exact) mass is 296 g/mol. The molecule has 0 aromatic carbocycles. The van der Waals surface area contributed by atoms with Gasteiger partial charge < -0.3 is 10.1 Å². The lowest BCUT2D eigenvalue weighted by Gasteiger charge is -2.19. The summed E-state index contributed by atoms with van der Waals surface area (Å²) >= 11 is 1.70. The Morgan fingerprint density at radius 3 is 3.05 bits per heavy atom. The standard InChI is InChI=1S/C15H24N2O2S/c1-4-19-14(18)11-6-5-7-12-13(11)17-15(20-12)16-9-8-10(2)3/h10-11H,4-9H2,1-3H3,(H,16,17). The van der Waals surface area contributed by atoms with Gasteiger partial charge in [0.1, 0.15) is 5.92 Å². The summed E-state index contributed by atoms with van der Waals surface area (Å²) in [5.74, 6) is 0.410. The van der Waals surface area contributed by atoms with Crippen molar-refractivity contribution in [3.63, 3.8) is 0 Å². The van der Waals surface area contributed by atoms with Gasteiger partial charge in [-0.1, -0.05) is 13.8 Å². The average Bonchev–Trinajstić information content (AvgIpc) is 2.80. The summed E-state index contributed by atoms with van der Waals surface area (Å²) in [6.07, 6.45) is 4.07. The predicted octanol–water partition coefficient (Wildman–Crippen LogP) is 3.58. The normalized spacial score (nSPS) is 17.9. The molecule has 5 heteroatoms. The van der Waals surface area contributed by atoms with Gasteiger partial charge in [0, 0.05) is 11.4 Å². The molecule has 2 rings (SSSR count).